The van der Waals surface area contributed by atoms with E-state index in [2.05, 4.69) is 10.8 Å². The van der Waals surface area contributed by atoms with E-state index in [4.69, 9.17) is 5.21 Å². The second-order valence-corrected chi connectivity index (χ2v) is 9.55. The Morgan fingerprint density at radius 2 is 1.74 bits per heavy atom. The van der Waals surface area contributed by atoms with Gasteiger partial charge in [0.15, 0.2) is 0 Å². The van der Waals surface area contributed by atoms with Crippen LogP contribution in [0.4, 0.5) is 5.69 Å². The zero-order valence-corrected chi connectivity index (χ0v) is 20.2. The van der Waals surface area contributed by atoms with Gasteiger partial charge in [0.1, 0.15) is 6.04 Å². The third kappa shape index (κ3) is 6.44. The van der Waals surface area contributed by atoms with E-state index in [1.807, 2.05) is 63.2 Å². The normalized spacial score (nSPS) is 17.7. The first kappa shape index (κ1) is 25.4. The lowest BCUT2D eigenvalue weighted by Gasteiger charge is -2.27. The first-order valence-electron chi connectivity index (χ1n) is 12.0. The highest BCUT2D eigenvalue weighted by Gasteiger charge is 2.45. The molecule has 3 N–H and O–H groups in total. The van der Waals surface area contributed by atoms with Crippen molar-refractivity contribution in [1.82, 2.24) is 10.2 Å². The van der Waals surface area contributed by atoms with Gasteiger partial charge in [0.2, 0.25) is 17.7 Å². The van der Waals surface area contributed by atoms with Gasteiger partial charge in [-0.15, -0.1) is 0 Å². The molecule has 0 spiro atoms. The Balaban J connectivity index is 1.65. The highest BCUT2D eigenvalue weighted by Crippen LogP contribution is 2.33. The highest BCUT2D eigenvalue weighted by molar-refractivity contribution is 6.07. The fourth-order valence-electron chi connectivity index (χ4n) is 4.55. The van der Waals surface area contributed by atoms with Crippen LogP contribution in [0.2, 0.25) is 0 Å². The molecule has 7 heteroatoms. The topological polar surface area (TPSA) is 98.7 Å². The molecule has 1 aliphatic rings. The van der Waals surface area contributed by atoms with Crippen LogP contribution >= 0.6 is 0 Å². The maximum atomic E-state index is 13.3. The zero-order chi connectivity index (χ0) is 24.7. The summed E-state index contributed by atoms with van der Waals surface area (Å²) in [4.78, 5) is 40.5. The predicted molar refractivity (Wildman–Crippen MR) is 131 cm³/mol. The van der Waals surface area contributed by atoms with Crippen molar-refractivity contribution < 1.29 is 19.6 Å². The van der Waals surface area contributed by atoms with E-state index < -0.39 is 12.0 Å². The molecule has 3 rings (SSSR count). The lowest BCUT2D eigenvalue weighted by Crippen LogP contribution is -2.50. The van der Waals surface area contributed by atoms with E-state index >= 15 is 0 Å². The molecule has 0 bridgehead atoms. The second kappa shape index (κ2) is 11.8. The molecule has 7 nitrogen and oxygen atoms in total. The molecule has 182 valence electrons. The van der Waals surface area contributed by atoms with Gasteiger partial charge >= 0.3 is 0 Å². The van der Waals surface area contributed by atoms with Crippen LogP contribution < -0.4 is 10.8 Å². The largest absolute Gasteiger partial charge is 0.354 e. The highest BCUT2D eigenvalue weighted by atomic mass is 16.5. The summed E-state index contributed by atoms with van der Waals surface area (Å²) in [7, 11) is 0. The van der Waals surface area contributed by atoms with E-state index in [0.29, 0.717) is 31.5 Å². The number of nitrogens with zero attached hydrogens (tertiary/aromatic N) is 1. The number of benzene rings is 2. The molecule has 1 unspecified atom stereocenters. The van der Waals surface area contributed by atoms with Crippen LogP contribution in [0.5, 0.6) is 0 Å². The monoisotopic (exact) mass is 465 g/mol. The molecule has 1 fully saturated rings. The Morgan fingerprint density at radius 3 is 2.35 bits per heavy atom. The molecule has 34 heavy (non-hydrogen) atoms. The fraction of sp³-hybridized carbons (Fsp3) is 0.444. The zero-order valence-electron chi connectivity index (χ0n) is 20.2. The summed E-state index contributed by atoms with van der Waals surface area (Å²) in [5, 5.41) is 11.9. The Bertz CT molecular complexity index is 975. The van der Waals surface area contributed by atoms with Crippen molar-refractivity contribution in [1.29, 1.82) is 0 Å². The molecule has 2 aromatic carbocycles. The van der Waals surface area contributed by atoms with Gasteiger partial charge < -0.3 is 5.32 Å². The lowest BCUT2D eigenvalue weighted by molar-refractivity contribution is -0.148. The molecule has 2 aromatic rings. The number of carbonyl (C=O) groups excluding carboxylic acids is 3. The number of hydrogen-bond donors (Lipinski definition) is 3. The fourth-order valence-corrected chi connectivity index (χ4v) is 4.55. The molecule has 0 radical (unpaired) electrons. The Hall–Kier alpha value is -3.19. The summed E-state index contributed by atoms with van der Waals surface area (Å²) in [5.41, 5.74) is 4.83. The van der Waals surface area contributed by atoms with Crippen LogP contribution in [0, 0.1) is 11.8 Å². The molecule has 1 heterocycles. The Morgan fingerprint density at radius 1 is 1.06 bits per heavy atom. The van der Waals surface area contributed by atoms with Crippen molar-refractivity contribution in [3.05, 3.63) is 65.7 Å². The number of likely N-dealkylation sites (tertiary alicyclic amines) is 1. The number of nitrogens with one attached hydrogen (secondary N) is 2. The van der Waals surface area contributed by atoms with E-state index in [1.54, 1.807) is 12.1 Å². The van der Waals surface area contributed by atoms with Gasteiger partial charge in [-0.25, -0.2) is 0 Å². The maximum Gasteiger partial charge on any atom is 0.243 e. The summed E-state index contributed by atoms with van der Waals surface area (Å²) in [6.07, 6.45) is 1.78. The van der Waals surface area contributed by atoms with Gasteiger partial charge in [-0.2, -0.15) is 0 Å². The molecule has 0 saturated carbocycles. The van der Waals surface area contributed by atoms with E-state index in [0.717, 1.165) is 11.1 Å². The number of hydrogen-bond acceptors (Lipinski definition) is 5. The van der Waals surface area contributed by atoms with Crippen molar-refractivity contribution in [2.75, 3.05) is 12.0 Å². The molecular weight excluding hydrogens is 430 g/mol. The minimum Gasteiger partial charge on any atom is -0.354 e. The first-order valence-corrected chi connectivity index (χ1v) is 12.0. The number of rotatable bonds is 11. The van der Waals surface area contributed by atoms with Gasteiger partial charge in [0.25, 0.3) is 0 Å². The SMILES string of the molecule is CC(C)C[C@@H](C(=O)NCCc1ccccc1)N1C(=O)C[C@@H](CC(C)c2ccc(NO)cc2)C1=O. The maximum absolute atomic E-state index is 13.3. The number of carbonyl (C=O) groups is 3. The van der Waals surface area contributed by atoms with Crippen LogP contribution in [0.25, 0.3) is 0 Å². The minimum absolute atomic E-state index is 0.0534. The quantitative estimate of drug-likeness (QED) is 0.342. The lowest BCUT2D eigenvalue weighted by atomic mass is 9.89. The molecule has 0 aromatic heterocycles. The number of amides is 3. The summed E-state index contributed by atoms with van der Waals surface area (Å²) in [6.45, 7) is 6.44. The molecule has 3 amide bonds. The smallest absolute Gasteiger partial charge is 0.243 e. The van der Waals surface area contributed by atoms with Gasteiger partial charge in [-0.05, 0) is 54.4 Å². The van der Waals surface area contributed by atoms with Crippen LogP contribution in [0.15, 0.2) is 54.6 Å². The summed E-state index contributed by atoms with van der Waals surface area (Å²) in [5.74, 6) is -1.03. The van der Waals surface area contributed by atoms with Crippen LogP contribution in [0.1, 0.15) is 57.1 Å². The number of anilines is 1. The van der Waals surface area contributed by atoms with Crippen molar-refractivity contribution in [2.45, 2.75) is 58.4 Å². The molecular formula is C27H35N3O4. The third-order valence-corrected chi connectivity index (χ3v) is 6.39. The van der Waals surface area contributed by atoms with Crippen molar-refractivity contribution >= 4 is 23.4 Å². The van der Waals surface area contributed by atoms with Crippen molar-refractivity contribution in [2.24, 2.45) is 11.8 Å². The molecule has 1 saturated heterocycles. The third-order valence-electron chi connectivity index (χ3n) is 6.39. The molecule has 0 aliphatic carbocycles. The Kier molecular flexibility index (Phi) is 8.82. The van der Waals surface area contributed by atoms with Crippen molar-refractivity contribution in [3.63, 3.8) is 0 Å². The predicted octanol–water partition coefficient (Wildman–Crippen LogP) is 4.13. The van der Waals surface area contributed by atoms with Crippen LogP contribution in [-0.2, 0) is 20.8 Å². The average molecular weight is 466 g/mol. The van der Waals surface area contributed by atoms with Gasteiger partial charge in [-0.1, -0.05) is 63.2 Å². The van der Waals surface area contributed by atoms with Gasteiger partial charge in [-0.3, -0.25) is 30.0 Å². The first-order chi connectivity index (χ1) is 16.3. The summed E-state index contributed by atoms with van der Waals surface area (Å²) >= 11 is 0. The standard InChI is InChI=1S/C27H35N3O4/c1-18(2)15-24(26(32)28-14-13-20-7-5-4-6-8-20)30-25(31)17-22(27(30)33)16-19(3)21-9-11-23(29-34)12-10-21/h4-12,18-19,22,24,29,34H,13-17H2,1-3H3,(H,28,32)/t19?,22-,24+/m1/s1. The average Bonchev–Trinajstić information content (AvgIpc) is 3.10. The minimum atomic E-state index is -0.786. The van der Waals surface area contributed by atoms with Crippen molar-refractivity contribution in [3.8, 4) is 0 Å². The summed E-state index contributed by atoms with van der Waals surface area (Å²) < 4.78 is 0. The van der Waals surface area contributed by atoms with Gasteiger partial charge in [0, 0.05) is 18.9 Å². The number of imide groups is 1. The summed E-state index contributed by atoms with van der Waals surface area (Å²) in [6, 6.07) is 16.4. The van der Waals surface area contributed by atoms with E-state index in [9.17, 15) is 14.4 Å². The van der Waals surface area contributed by atoms with Crippen LogP contribution in [0.3, 0.4) is 0 Å². The molecule has 3 atom stereocenters. The van der Waals surface area contributed by atoms with Gasteiger partial charge in [0.05, 0.1) is 5.69 Å². The van der Waals surface area contributed by atoms with E-state index in [1.165, 1.54) is 4.90 Å². The second-order valence-electron chi connectivity index (χ2n) is 9.55. The van der Waals surface area contributed by atoms with Crippen LogP contribution in [-0.4, -0.2) is 40.4 Å². The molecule has 1 aliphatic heterocycles. The van der Waals surface area contributed by atoms with E-state index in [-0.39, 0.29) is 36.0 Å². The Labute approximate surface area is 201 Å².